The Morgan fingerprint density at radius 1 is 1.55 bits per heavy atom. The van der Waals surface area contributed by atoms with E-state index < -0.39 is 0 Å². The van der Waals surface area contributed by atoms with Gasteiger partial charge in [0.25, 0.3) is 0 Å². The Balaban J connectivity index is 3.69. The quantitative estimate of drug-likeness (QED) is 0.554. The predicted octanol–water partition coefficient (Wildman–Crippen LogP) is 0.834. The van der Waals surface area contributed by atoms with E-state index in [0.717, 1.165) is 19.1 Å². The third kappa shape index (κ3) is 4.53. The van der Waals surface area contributed by atoms with Crippen LogP contribution in [0.1, 0.15) is 26.7 Å². The highest BCUT2D eigenvalue weighted by Crippen LogP contribution is 1.93. The molecule has 0 N–H and O–H groups in total. The lowest BCUT2D eigenvalue weighted by atomic mass is 10.3. The molecule has 0 aromatic carbocycles. The van der Waals surface area contributed by atoms with Gasteiger partial charge in [-0.1, -0.05) is 13.3 Å². The van der Waals surface area contributed by atoms with Crippen molar-refractivity contribution in [3.05, 3.63) is 0 Å². The van der Waals surface area contributed by atoms with Gasteiger partial charge in [-0.2, -0.15) is 0 Å². The second-order valence-corrected chi connectivity index (χ2v) is 2.49. The highest BCUT2D eigenvalue weighted by atomic mass is 16.2. The van der Waals surface area contributed by atoms with Crippen LogP contribution in [-0.4, -0.2) is 30.2 Å². The molecule has 0 bridgehead atoms. The molecule has 0 aliphatic carbocycles. The number of carbonyl (C=O) groups is 2. The van der Waals surface area contributed by atoms with Gasteiger partial charge in [0.15, 0.2) is 0 Å². The van der Waals surface area contributed by atoms with E-state index in [4.69, 9.17) is 0 Å². The first-order valence-corrected chi connectivity index (χ1v) is 3.91. The molecule has 0 aliphatic heterocycles. The minimum Gasteiger partial charge on any atom is -0.336 e. The molecule has 0 fully saturated rings. The number of rotatable bonds is 5. The summed E-state index contributed by atoms with van der Waals surface area (Å²) in [6, 6.07) is 0. The Labute approximate surface area is 67.4 Å². The summed E-state index contributed by atoms with van der Waals surface area (Å²) in [5, 5.41) is 0. The van der Waals surface area contributed by atoms with Crippen LogP contribution in [0.5, 0.6) is 0 Å². The topological polar surface area (TPSA) is 37.4 Å². The largest absolute Gasteiger partial charge is 0.336 e. The molecular formula is C8H15NO2. The van der Waals surface area contributed by atoms with Gasteiger partial charge in [0.05, 0.1) is 6.54 Å². The van der Waals surface area contributed by atoms with Gasteiger partial charge >= 0.3 is 0 Å². The number of unbranched alkanes of at least 4 members (excludes halogenated alkanes) is 1. The van der Waals surface area contributed by atoms with Gasteiger partial charge in [-0.3, -0.25) is 4.79 Å². The van der Waals surface area contributed by atoms with Crippen molar-refractivity contribution < 1.29 is 9.59 Å². The highest BCUT2D eigenvalue weighted by molar-refractivity contribution is 5.75. The van der Waals surface area contributed by atoms with Crippen LogP contribution in [0.25, 0.3) is 0 Å². The van der Waals surface area contributed by atoms with Crippen molar-refractivity contribution >= 4 is 12.2 Å². The Morgan fingerprint density at radius 2 is 2.18 bits per heavy atom. The van der Waals surface area contributed by atoms with Gasteiger partial charge < -0.3 is 9.69 Å². The van der Waals surface area contributed by atoms with E-state index in [1.54, 1.807) is 4.90 Å². The summed E-state index contributed by atoms with van der Waals surface area (Å²) in [6.07, 6.45) is 2.77. The average molecular weight is 157 g/mol. The highest BCUT2D eigenvalue weighted by Gasteiger charge is 2.05. The molecule has 0 aliphatic rings. The molecule has 1 amide bonds. The smallest absolute Gasteiger partial charge is 0.219 e. The maximum absolute atomic E-state index is 10.8. The maximum atomic E-state index is 10.8. The molecule has 0 heterocycles. The van der Waals surface area contributed by atoms with E-state index in [0.29, 0.717) is 6.54 Å². The van der Waals surface area contributed by atoms with Crippen molar-refractivity contribution in [2.45, 2.75) is 26.7 Å². The van der Waals surface area contributed by atoms with Crippen LogP contribution in [0.3, 0.4) is 0 Å². The van der Waals surface area contributed by atoms with Crippen molar-refractivity contribution in [3.8, 4) is 0 Å². The Morgan fingerprint density at radius 3 is 2.55 bits per heavy atom. The van der Waals surface area contributed by atoms with Gasteiger partial charge in [0.2, 0.25) is 5.91 Å². The van der Waals surface area contributed by atoms with Gasteiger partial charge in [0, 0.05) is 13.5 Å². The average Bonchev–Trinajstić information content (AvgIpc) is 1.97. The van der Waals surface area contributed by atoms with E-state index >= 15 is 0 Å². The number of amides is 1. The fourth-order valence-corrected chi connectivity index (χ4v) is 0.816. The molecule has 0 spiro atoms. The molecule has 0 radical (unpaired) electrons. The standard InChI is InChI=1S/C8H15NO2/c1-3-4-5-9(6-7-10)8(2)11/h7H,3-6H2,1-2H3. The lowest BCUT2D eigenvalue weighted by molar-refractivity contribution is -0.131. The first kappa shape index (κ1) is 10.1. The Hall–Kier alpha value is -0.860. The van der Waals surface area contributed by atoms with E-state index in [1.165, 1.54) is 6.92 Å². The zero-order chi connectivity index (χ0) is 8.69. The first-order valence-electron chi connectivity index (χ1n) is 3.91. The van der Waals surface area contributed by atoms with Crippen molar-refractivity contribution in [2.75, 3.05) is 13.1 Å². The zero-order valence-corrected chi connectivity index (χ0v) is 7.17. The molecular weight excluding hydrogens is 142 g/mol. The third-order valence-corrected chi connectivity index (χ3v) is 1.52. The summed E-state index contributed by atoms with van der Waals surface area (Å²) in [6.45, 7) is 4.47. The maximum Gasteiger partial charge on any atom is 0.219 e. The molecule has 3 nitrogen and oxygen atoms in total. The van der Waals surface area contributed by atoms with Gasteiger partial charge in [-0.25, -0.2) is 0 Å². The van der Waals surface area contributed by atoms with Crippen LogP contribution in [0.4, 0.5) is 0 Å². The van der Waals surface area contributed by atoms with Crippen LogP contribution in [-0.2, 0) is 9.59 Å². The van der Waals surface area contributed by atoms with Crippen LogP contribution < -0.4 is 0 Å². The second kappa shape index (κ2) is 5.89. The normalized spacial score (nSPS) is 9.27. The predicted molar refractivity (Wildman–Crippen MR) is 43.2 cm³/mol. The molecule has 0 saturated heterocycles. The number of hydrogen-bond donors (Lipinski definition) is 0. The fourth-order valence-electron chi connectivity index (χ4n) is 0.816. The first-order chi connectivity index (χ1) is 5.22. The summed E-state index contributed by atoms with van der Waals surface area (Å²) in [7, 11) is 0. The SMILES string of the molecule is CCCCN(CC=O)C(C)=O. The second-order valence-electron chi connectivity index (χ2n) is 2.49. The van der Waals surface area contributed by atoms with Crippen LogP contribution in [0, 0.1) is 0 Å². The van der Waals surface area contributed by atoms with Crippen LogP contribution in [0.15, 0.2) is 0 Å². The summed E-state index contributed by atoms with van der Waals surface area (Å²) in [5.41, 5.74) is 0. The van der Waals surface area contributed by atoms with E-state index in [9.17, 15) is 9.59 Å². The summed E-state index contributed by atoms with van der Waals surface area (Å²) < 4.78 is 0. The Kier molecular flexibility index (Phi) is 5.43. The lowest BCUT2D eigenvalue weighted by Crippen LogP contribution is -2.31. The van der Waals surface area contributed by atoms with E-state index in [2.05, 4.69) is 6.92 Å². The number of hydrogen-bond acceptors (Lipinski definition) is 2. The zero-order valence-electron chi connectivity index (χ0n) is 7.17. The number of nitrogens with zero attached hydrogens (tertiary/aromatic N) is 1. The minimum atomic E-state index is -0.0226. The molecule has 0 atom stereocenters. The number of aldehydes is 1. The number of carbonyl (C=O) groups excluding carboxylic acids is 2. The van der Waals surface area contributed by atoms with Gasteiger partial charge in [-0.15, -0.1) is 0 Å². The molecule has 0 rings (SSSR count). The van der Waals surface area contributed by atoms with Crippen LogP contribution in [0.2, 0.25) is 0 Å². The van der Waals surface area contributed by atoms with Crippen LogP contribution >= 0.6 is 0 Å². The van der Waals surface area contributed by atoms with E-state index in [1.807, 2.05) is 0 Å². The molecule has 0 saturated carbocycles. The molecule has 0 aromatic heterocycles. The molecule has 3 heteroatoms. The summed E-state index contributed by atoms with van der Waals surface area (Å²) in [4.78, 5) is 22.4. The van der Waals surface area contributed by atoms with Gasteiger partial charge in [0.1, 0.15) is 6.29 Å². The minimum absolute atomic E-state index is 0.0226. The molecule has 64 valence electrons. The summed E-state index contributed by atoms with van der Waals surface area (Å²) in [5.74, 6) is -0.0226. The van der Waals surface area contributed by atoms with Crippen molar-refractivity contribution in [1.29, 1.82) is 0 Å². The monoisotopic (exact) mass is 157 g/mol. The fraction of sp³-hybridized carbons (Fsp3) is 0.750. The van der Waals surface area contributed by atoms with Crippen molar-refractivity contribution in [1.82, 2.24) is 4.90 Å². The molecule has 0 unspecified atom stereocenters. The van der Waals surface area contributed by atoms with E-state index in [-0.39, 0.29) is 12.5 Å². The van der Waals surface area contributed by atoms with Crippen molar-refractivity contribution in [2.24, 2.45) is 0 Å². The van der Waals surface area contributed by atoms with Crippen molar-refractivity contribution in [3.63, 3.8) is 0 Å². The third-order valence-electron chi connectivity index (χ3n) is 1.52. The molecule has 0 aromatic rings. The Bertz CT molecular complexity index is 134. The lowest BCUT2D eigenvalue weighted by Gasteiger charge is -2.16. The summed E-state index contributed by atoms with van der Waals surface area (Å²) >= 11 is 0. The molecule has 11 heavy (non-hydrogen) atoms. The van der Waals surface area contributed by atoms with Gasteiger partial charge in [-0.05, 0) is 6.42 Å².